The van der Waals surface area contributed by atoms with Crippen LogP contribution in [0.1, 0.15) is 46.6 Å². The Balaban J connectivity index is 1.74. The van der Waals surface area contributed by atoms with Gasteiger partial charge in [0, 0.05) is 6.42 Å². The number of hydrogen-bond acceptors (Lipinski definition) is 7. The molecule has 4 aromatic rings. The number of benzene rings is 2. The first kappa shape index (κ1) is 20.4. The highest BCUT2D eigenvalue weighted by atomic mass is 32.1. The average Bonchev–Trinajstić information content (AvgIpc) is 3.36. The topological polar surface area (TPSA) is 85.5 Å². The Morgan fingerprint density at radius 1 is 1.12 bits per heavy atom. The number of ether oxygens (including phenoxy) is 1. The van der Waals surface area contributed by atoms with Crippen LogP contribution in [0.25, 0.3) is 11.0 Å². The summed E-state index contributed by atoms with van der Waals surface area (Å²) in [5.41, 5.74) is 1.20. The lowest BCUT2D eigenvalue weighted by Gasteiger charge is -2.22. The molecule has 8 heteroatoms. The first-order valence-electron chi connectivity index (χ1n) is 10.3. The summed E-state index contributed by atoms with van der Waals surface area (Å²) in [5.74, 6) is 0.682. The van der Waals surface area contributed by atoms with Crippen molar-refractivity contribution >= 4 is 33.3 Å². The number of carbonyl (C=O) groups excluding carboxylic acids is 1. The number of nitrogens with zero attached hydrogens (tertiary/aromatic N) is 3. The van der Waals surface area contributed by atoms with Crippen LogP contribution in [0.2, 0.25) is 0 Å². The highest BCUT2D eigenvalue weighted by Crippen LogP contribution is 2.42. The number of carbonyl (C=O) groups is 1. The summed E-state index contributed by atoms with van der Waals surface area (Å²) in [6, 6.07) is 13.6. The van der Waals surface area contributed by atoms with Gasteiger partial charge in [-0.15, -0.1) is 10.2 Å². The van der Waals surface area contributed by atoms with Gasteiger partial charge in [0.1, 0.15) is 16.3 Å². The van der Waals surface area contributed by atoms with Gasteiger partial charge in [0.25, 0.3) is 5.91 Å². The third-order valence-corrected chi connectivity index (χ3v) is 6.38. The van der Waals surface area contributed by atoms with E-state index in [1.165, 1.54) is 16.2 Å². The van der Waals surface area contributed by atoms with Gasteiger partial charge in [-0.1, -0.05) is 49.4 Å². The molecule has 1 aliphatic rings. The Morgan fingerprint density at radius 2 is 1.94 bits per heavy atom. The standard InChI is InChI=1S/C24H21N3O4S/c1-13(2)11-18-25-26-24(32-18)27-20(14-7-6-8-15(12-14)30-3)19-21(28)16-9-4-5-10-17(16)31-22(19)23(27)29/h4-10,12-13,20H,11H2,1-3H3/t20-/m0/s1. The molecule has 0 saturated carbocycles. The van der Waals surface area contributed by atoms with Crippen LogP contribution < -0.4 is 15.1 Å². The Morgan fingerprint density at radius 3 is 2.72 bits per heavy atom. The summed E-state index contributed by atoms with van der Waals surface area (Å²) in [6.45, 7) is 4.20. The second kappa shape index (κ2) is 7.87. The van der Waals surface area contributed by atoms with Gasteiger partial charge in [-0.3, -0.25) is 14.5 Å². The van der Waals surface area contributed by atoms with Crippen molar-refractivity contribution in [2.45, 2.75) is 26.3 Å². The van der Waals surface area contributed by atoms with E-state index in [2.05, 4.69) is 24.0 Å². The fourth-order valence-electron chi connectivity index (χ4n) is 4.02. The fraction of sp³-hybridized carbons (Fsp3) is 0.250. The molecule has 1 aliphatic heterocycles. The monoisotopic (exact) mass is 447 g/mol. The van der Waals surface area contributed by atoms with Gasteiger partial charge in [0.2, 0.25) is 10.9 Å². The molecule has 5 rings (SSSR count). The molecule has 2 aromatic carbocycles. The van der Waals surface area contributed by atoms with Gasteiger partial charge in [-0.2, -0.15) is 0 Å². The number of rotatable bonds is 5. The smallest absolute Gasteiger partial charge is 0.297 e. The first-order valence-corrected chi connectivity index (χ1v) is 11.1. The van der Waals surface area contributed by atoms with Gasteiger partial charge in [-0.25, -0.2) is 0 Å². The molecule has 1 atom stereocenters. The molecule has 0 aliphatic carbocycles. The third kappa shape index (κ3) is 3.27. The molecule has 1 amide bonds. The van der Waals surface area contributed by atoms with Crippen LogP contribution in [0.15, 0.2) is 57.7 Å². The van der Waals surface area contributed by atoms with Crippen LogP contribution in [0.5, 0.6) is 5.75 Å². The molecule has 0 radical (unpaired) electrons. The molecule has 3 heterocycles. The number of aromatic nitrogens is 2. The Hall–Kier alpha value is -3.52. The largest absolute Gasteiger partial charge is 0.497 e. The van der Waals surface area contributed by atoms with Gasteiger partial charge >= 0.3 is 0 Å². The maximum atomic E-state index is 13.6. The second-order valence-corrected chi connectivity index (χ2v) is 9.14. The van der Waals surface area contributed by atoms with Gasteiger partial charge in [0.15, 0.2) is 5.43 Å². The zero-order chi connectivity index (χ0) is 22.4. The maximum absolute atomic E-state index is 13.6. The molecule has 162 valence electrons. The van der Waals surface area contributed by atoms with Crippen LogP contribution in [-0.2, 0) is 6.42 Å². The first-order chi connectivity index (χ1) is 15.5. The van der Waals surface area contributed by atoms with E-state index < -0.39 is 11.9 Å². The van der Waals surface area contributed by atoms with E-state index >= 15 is 0 Å². The molecule has 0 fully saturated rings. The number of amides is 1. The van der Waals surface area contributed by atoms with E-state index in [0.717, 1.165) is 17.0 Å². The van der Waals surface area contributed by atoms with Crippen LogP contribution >= 0.6 is 11.3 Å². The van der Waals surface area contributed by atoms with Gasteiger partial charge in [-0.05, 0) is 35.7 Å². The summed E-state index contributed by atoms with van der Waals surface area (Å²) in [6.07, 6.45) is 0.761. The van der Waals surface area contributed by atoms with Crippen LogP contribution in [0.4, 0.5) is 5.13 Å². The van der Waals surface area contributed by atoms with E-state index in [9.17, 15) is 9.59 Å². The van der Waals surface area contributed by atoms with Crippen molar-refractivity contribution in [2.24, 2.45) is 5.92 Å². The summed E-state index contributed by atoms with van der Waals surface area (Å²) in [4.78, 5) is 28.6. The Labute approximate surface area is 188 Å². The molecule has 32 heavy (non-hydrogen) atoms. The predicted molar refractivity (Wildman–Crippen MR) is 123 cm³/mol. The molecule has 7 nitrogen and oxygen atoms in total. The lowest BCUT2D eigenvalue weighted by atomic mass is 9.98. The normalized spacial score (nSPS) is 15.6. The summed E-state index contributed by atoms with van der Waals surface area (Å²) in [7, 11) is 1.58. The number of fused-ring (bicyclic) bond motifs is 2. The minimum absolute atomic E-state index is 0.0436. The van der Waals surface area contributed by atoms with Crippen LogP contribution in [0.3, 0.4) is 0 Å². The summed E-state index contributed by atoms with van der Waals surface area (Å²) >= 11 is 1.36. The van der Waals surface area contributed by atoms with E-state index in [1.807, 2.05) is 24.3 Å². The molecule has 0 N–H and O–H groups in total. The van der Waals surface area contributed by atoms with Crippen molar-refractivity contribution in [3.63, 3.8) is 0 Å². The summed E-state index contributed by atoms with van der Waals surface area (Å²) < 4.78 is 11.4. The minimum Gasteiger partial charge on any atom is -0.497 e. The molecule has 0 saturated heterocycles. The van der Waals surface area contributed by atoms with E-state index in [0.29, 0.717) is 33.3 Å². The predicted octanol–water partition coefficient (Wildman–Crippen LogP) is 4.60. The molecular formula is C24H21N3O4S. The van der Waals surface area contributed by atoms with E-state index in [-0.39, 0.29) is 11.2 Å². The third-order valence-electron chi connectivity index (χ3n) is 5.43. The Kier molecular flexibility index (Phi) is 5.01. The van der Waals surface area contributed by atoms with Gasteiger partial charge < -0.3 is 9.15 Å². The van der Waals surface area contributed by atoms with E-state index in [1.54, 1.807) is 31.4 Å². The molecule has 0 bridgehead atoms. The molecule has 0 spiro atoms. The second-order valence-electron chi connectivity index (χ2n) is 8.10. The van der Waals surface area contributed by atoms with Crippen LogP contribution in [0, 0.1) is 5.92 Å². The van der Waals surface area contributed by atoms with E-state index in [4.69, 9.17) is 9.15 Å². The SMILES string of the molecule is COc1cccc([C@H]2c3c(oc4ccccc4c3=O)C(=O)N2c2nnc(CC(C)C)s2)c1. The zero-order valence-electron chi connectivity index (χ0n) is 17.9. The van der Waals surface area contributed by atoms with Crippen molar-refractivity contribution in [1.82, 2.24) is 10.2 Å². The lowest BCUT2D eigenvalue weighted by molar-refractivity contribution is 0.0970. The fourth-order valence-corrected chi connectivity index (χ4v) is 5.10. The van der Waals surface area contributed by atoms with Crippen molar-refractivity contribution in [2.75, 3.05) is 12.0 Å². The van der Waals surface area contributed by atoms with Crippen LogP contribution in [-0.4, -0.2) is 23.2 Å². The molecule has 0 unspecified atom stereocenters. The lowest BCUT2D eigenvalue weighted by Crippen LogP contribution is -2.29. The Bertz CT molecular complexity index is 1390. The van der Waals surface area contributed by atoms with Crippen molar-refractivity contribution in [3.05, 3.63) is 80.6 Å². The minimum atomic E-state index is -0.687. The van der Waals surface area contributed by atoms with Crippen molar-refractivity contribution in [1.29, 1.82) is 0 Å². The highest BCUT2D eigenvalue weighted by Gasteiger charge is 2.45. The average molecular weight is 448 g/mol. The summed E-state index contributed by atoms with van der Waals surface area (Å²) in [5, 5.41) is 10.3. The molecule has 2 aromatic heterocycles. The maximum Gasteiger partial charge on any atom is 0.297 e. The quantitative estimate of drug-likeness (QED) is 0.444. The van der Waals surface area contributed by atoms with Gasteiger partial charge in [0.05, 0.1) is 24.1 Å². The van der Waals surface area contributed by atoms with Crippen molar-refractivity contribution < 1.29 is 13.9 Å². The molecular weight excluding hydrogens is 426 g/mol. The zero-order valence-corrected chi connectivity index (χ0v) is 18.7. The highest BCUT2D eigenvalue weighted by molar-refractivity contribution is 7.15. The number of anilines is 1. The number of para-hydroxylation sites is 1. The number of methoxy groups -OCH3 is 1. The van der Waals surface area contributed by atoms with Crippen molar-refractivity contribution in [3.8, 4) is 5.75 Å². The number of hydrogen-bond donors (Lipinski definition) is 0.